The largest absolute Gasteiger partial charge is 0.322 e. The second-order valence-electron chi connectivity index (χ2n) is 3.93. The number of hydrogen-bond donors (Lipinski definition) is 1. The third-order valence-electron chi connectivity index (χ3n) is 2.58. The van der Waals surface area contributed by atoms with Crippen LogP contribution in [0.2, 0.25) is 5.02 Å². The van der Waals surface area contributed by atoms with Crippen molar-refractivity contribution in [3.05, 3.63) is 64.4 Å². The molecule has 2 rings (SSSR count). The molecule has 5 heteroatoms. The minimum absolute atomic E-state index is 0.341. The van der Waals surface area contributed by atoms with Gasteiger partial charge < -0.3 is 5.73 Å². The smallest absolute Gasteiger partial charge is 0.159 e. The number of rotatable bonds is 3. The first-order valence-corrected chi connectivity index (χ1v) is 5.75. The lowest BCUT2D eigenvalue weighted by Gasteiger charge is -2.12. The number of halogens is 3. The Morgan fingerprint density at radius 1 is 1.22 bits per heavy atom. The van der Waals surface area contributed by atoms with Crippen LogP contribution in [0.15, 0.2) is 36.5 Å². The first-order chi connectivity index (χ1) is 8.58. The van der Waals surface area contributed by atoms with E-state index in [1.807, 2.05) is 0 Å². The van der Waals surface area contributed by atoms with E-state index in [4.69, 9.17) is 17.3 Å². The predicted molar refractivity (Wildman–Crippen MR) is 66.2 cm³/mol. The van der Waals surface area contributed by atoms with Gasteiger partial charge in [0.2, 0.25) is 0 Å². The summed E-state index contributed by atoms with van der Waals surface area (Å²) in [6, 6.07) is 6.65. The van der Waals surface area contributed by atoms with E-state index in [0.717, 1.165) is 12.1 Å². The van der Waals surface area contributed by atoms with Crippen molar-refractivity contribution in [3.63, 3.8) is 0 Å². The van der Waals surface area contributed by atoms with Crippen LogP contribution in [0.4, 0.5) is 8.78 Å². The van der Waals surface area contributed by atoms with Gasteiger partial charge in [0.1, 0.15) is 0 Å². The van der Waals surface area contributed by atoms with Crippen molar-refractivity contribution < 1.29 is 8.78 Å². The first kappa shape index (κ1) is 12.9. The second kappa shape index (κ2) is 5.42. The average molecular weight is 269 g/mol. The van der Waals surface area contributed by atoms with Crippen molar-refractivity contribution in [2.75, 3.05) is 0 Å². The second-order valence-corrected chi connectivity index (χ2v) is 4.34. The van der Waals surface area contributed by atoms with Crippen molar-refractivity contribution in [1.29, 1.82) is 0 Å². The van der Waals surface area contributed by atoms with Gasteiger partial charge in [0.05, 0.1) is 16.8 Å². The maximum absolute atomic E-state index is 13.1. The summed E-state index contributed by atoms with van der Waals surface area (Å²) in [4.78, 5) is 4.09. The van der Waals surface area contributed by atoms with E-state index < -0.39 is 17.7 Å². The minimum Gasteiger partial charge on any atom is -0.322 e. The molecule has 0 aliphatic carbocycles. The van der Waals surface area contributed by atoms with Crippen LogP contribution in [0.5, 0.6) is 0 Å². The van der Waals surface area contributed by atoms with Crippen LogP contribution in [0.3, 0.4) is 0 Å². The molecule has 0 fully saturated rings. The number of nitrogens with zero attached hydrogens (tertiary/aromatic N) is 1. The Morgan fingerprint density at radius 3 is 2.67 bits per heavy atom. The molecule has 1 atom stereocenters. The Hall–Kier alpha value is -1.52. The molecule has 0 saturated carbocycles. The highest BCUT2D eigenvalue weighted by Gasteiger charge is 2.13. The summed E-state index contributed by atoms with van der Waals surface area (Å²) >= 11 is 5.97. The SMILES string of the molecule is NC(Cc1ccc(F)c(F)c1)c1ncccc1Cl. The summed E-state index contributed by atoms with van der Waals surface area (Å²) in [5.41, 5.74) is 7.10. The quantitative estimate of drug-likeness (QED) is 0.928. The molecule has 1 heterocycles. The number of pyridine rings is 1. The molecule has 0 aliphatic rings. The summed E-state index contributed by atoms with van der Waals surface area (Å²) < 4.78 is 25.8. The fourth-order valence-electron chi connectivity index (χ4n) is 1.69. The van der Waals surface area contributed by atoms with E-state index in [-0.39, 0.29) is 0 Å². The van der Waals surface area contributed by atoms with Crippen LogP contribution >= 0.6 is 11.6 Å². The topological polar surface area (TPSA) is 38.9 Å². The van der Waals surface area contributed by atoms with Gasteiger partial charge in [0.15, 0.2) is 11.6 Å². The maximum Gasteiger partial charge on any atom is 0.159 e. The van der Waals surface area contributed by atoms with Crippen LogP contribution < -0.4 is 5.73 Å². The van der Waals surface area contributed by atoms with E-state index in [9.17, 15) is 8.78 Å². The van der Waals surface area contributed by atoms with Crippen LogP contribution in [0.25, 0.3) is 0 Å². The van der Waals surface area contributed by atoms with Crippen LogP contribution in [0.1, 0.15) is 17.3 Å². The number of benzene rings is 1. The Kier molecular flexibility index (Phi) is 3.89. The Balaban J connectivity index is 2.19. The summed E-state index contributed by atoms with van der Waals surface area (Å²) in [6.45, 7) is 0. The molecule has 1 aromatic heterocycles. The van der Waals surface area contributed by atoms with E-state index in [1.54, 1.807) is 18.3 Å². The molecule has 2 N–H and O–H groups in total. The summed E-state index contributed by atoms with van der Waals surface area (Å²) in [5.74, 6) is -1.75. The van der Waals surface area contributed by atoms with Crippen molar-refractivity contribution in [2.24, 2.45) is 5.73 Å². The van der Waals surface area contributed by atoms with Gasteiger partial charge in [0, 0.05) is 6.20 Å². The first-order valence-electron chi connectivity index (χ1n) is 5.38. The predicted octanol–water partition coefficient (Wildman–Crippen LogP) is 3.26. The number of aromatic nitrogens is 1. The molecule has 0 aliphatic heterocycles. The van der Waals surface area contributed by atoms with E-state index >= 15 is 0 Å². The standard InChI is InChI=1S/C13H11ClF2N2/c14-9-2-1-5-18-13(9)12(17)7-8-3-4-10(15)11(16)6-8/h1-6,12H,7,17H2. The molecule has 2 nitrogen and oxygen atoms in total. The van der Waals surface area contributed by atoms with Gasteiger partial charge >= 0.3 is 0 Å². The van der Waals surface area contributed by atoms with E-state index in [2.05, 4.69) is 4.98 Å². The molecule has 0 spiro atoms. The summed E-state index contributed by atoms with van der Waals surface area (Å²) in [6.07, 6.45) is 1.93. The van der Waals surface area contributed by atoms with Crippen LogP contribution in [-0.2, 0) is 6.42 Å². The zero-order valence-corrected chi connectivity index (χ0v) is 10.2. The van der Waals surface area contributed by atoms with Gasteiger partial charge in [-0.3, -0.25) is 4.98 Å². The van der Waals surface area contributed by atoms with Gasteiger partial charge in [-0.05, 0) is 36.2 Å². The van der Waals surface area contributed by atoms with Gasteiger partial charge in [-0.2, -0.15) is 0 Å². The van der Waals surface area contributed by atoms with Crippen molar-refractivity contribution >= 4 is 11.6 Å². The molecule has 2 aromatic rings. The fraction of sp³-hybridized carbons (Fsp3) is 0.154. The maximum atomic E-state index is 13.1. The monoisotopic (exact) mass is 268 g/mol. The number of hydrogen-bond acceptors (Lipinski definition) is 2. The van der Waals surface area contributed by atoms with Gasteiger partial charge in [-0.25, -0.2) is 8.78 Å². The highest BCUT2D eigenvalue weighted by molar-refractivity contribution is 6.31. The molecule has 0 bridgehead atoms. The Bertz CT molecular complexity index is 560. The summed E-state index contributed by atoms with van der Waals surface area (Å²) in [7, 11) is 0. The highest BCUT2D eigenvalue weighted by atomic mass is 35.5. The lowest BCUT2D eigenvalue weighted by atomic mass is 10.0. The molecule has 0 radical (unpaired) electrons. The molecule has 1 aromatic carbocycles. The lowest BCUT2D eigenvalue weighted by molar-refractivity contribution is 0.506. The molecular weight excluding hydrogens is 258 g/mol. The molecule has 18 heavy (non-hydrogen) atoms. The molecular formula is C13H11ClF2N2. The summed E-state index contributed by atoms with van der Waals surface area (Å²) in [5, 5.41) is 0.465. The third-order valence-corrected chi connectivity index (χ3v) is 2.90. The molecule has 0 amide bonds. The van der Waals surface area contributed by atoms with Gasteiger partial charge in [0.25, 0.3) is 0 Å². The van der Waals surface area contributed by atoms with Gasteiger partial charge in [-0.15, -0.1) is 0 Å². The molecule has 0 saturated heterocycles. The van der Waals surface area contributed by atoms with Crippen LogP contribution in [-0.4, -0.2) is 4.98 Å². The van der Waals surface area contributed by atoms with Crippen LogP contribution in [0, 0.1) is 11.6 Å². The minimum atomic E-state index is -0.883. The zero-order valence-electron chi connectivity index (χ0n) is 9.41. The Morgan fingerprint density at radius 2 is 2.00 bits per heavy atom. The van der Waals surface area contributed by atoms with Gasteiger partial charge in [-0.1, -0.05) is 17.7 Å². The number of nitrogens with two attached hydrogens (primary N) is 1. The fourth-order valence-corrected chi connectivity index (χ4v) is 1.95. The third kappa shape index (κ3) is 2.83. The highest BCUT2D eigenvalue weighted by Crippen LogP contribution is 2.22. The normalized spacial score (nSPS) is 12.4. The zero-order chi connectivity index (χ0) is 13.1. The van der Waals surface area contributed by atoms with E-state index in [1.165, 1.54) is 6.07 Å². The van der Waals surface area contributed by atoms with E-state index in [0.29, 0.717) is 22.7 Å². The van der Waals surface area contributed by atoms with Crippen molar-refractivity contribution in [1.82, 2.24) is 4.98 Å². The molecule has 94 valence electrons. The Labute approximate surface area is 108 Å². The molecule has 1 unspecified atom stereocenters. The average Bonchev–Trinajstić information content (AvgIpc) is 2.34. The van der Waals surface area contributed by atoms with Crippen molar-refractivity contribution in [2.45, 2.75) is 12.5 Å². The van der Waals surface area contributed by atoms with Crippen molar-refractivity contribution in [3.8, 4) is 0 Å². The lowest BCUT2D eigenvalue weighted by Crippen LogP contribution is -2.15.